The Bertz CT molecular complexity index is 2040. The van der Waals surface area contributed by atoms with Crippen molar-refractivity contribution in [2.24, 2.45) is 12.8 Å². The summed E-state index contributed by atoms with van der Waals surface area (Å²) in [6.45, 7) is 6.28. The number of pyridine rings is 2. The van der Waals surface area contributed by atoms with E-state index in [4.69, 9.17) is 15.2 Å². The number of aryl methyl sites for hydroxylation is 1. The monoisotopic (exact) mass is 641 g/mol. The standard InChI is InChI=1S/C35H33F2N5O5/c1-35(2,3)47-34(45)42-15-16-46-30(20-42)29-18-26-23(27(31(38)43)19-39-32(26)40-29)10-7-5-6-9-22(24-11-8-14-41(4)33(24)44)25-17-21(36)12-13-28(25)37/h8,11-14,17-19,22,30H,9,15-16,20H2,1-4H3,(H2,38,43)(H,39,40)/t22?,30-/m1/s1. The maximum Gasteiger partial charge on any atom is 0.410 e. The van der Waals surface area contributed by atoms with Gasteiger partial charge < -0.3 is 29.7 Å². The molecule has 1 aliphatic heterocycles. The molecule has 1 aliphatic rings. The van der Waals surface area contributed by atoms with Crippen molar-refractivity contribution in [1.29, 1.82) is 0 Å². The molecule has 1 aromatic carbocycles. The van der Waals surface area contributed by atoms with Crippen LogP contribution < -0.4 is 11.3 Å². The lowest BCUT2D eigenvalue weighted by Gasteiger charge is -2.33. The van der Waals surface area contributed by atoms with Crippen molar-refractivity contribution in [3.63, 3.8) is 0 Å². The second-order valence-electron chi connectivity index (χ2n) is 12.0. The highest BCUT2D eigenvalue weighted by Gasteiger charge is 2.30. The molecule has 1 unspecified atom stereocenters. The second-order valence-corrected chi connectivity index (χ2v) is 12.0. The van der Waals surface area contributed by atoms with E-state index in [1.165, 1.54) is 10.8 Å². The summed E-state index contributed by atoms with van der Waals surface area (Å²) in [5.41, 5.74) is 6.26. The molecule has 4 heterocycles. The molecule has 10 nitrogen and oxygen atoms in total. The highest BCUT2D eigenvalue weighted by Crippen LogP contribution is 2.30. The van der Waals surface area contributed by atoms with Gasteiger partial charge in [-0.05, 0) is 68.5 Å². The van der Waals surface area contributed by atoms with E-state index in [1.807, 2.05) is 0 Å². The van der Waals surface area contributed by atoms with Crippen LogP contribution in [0.25, 0.3) is 11.0 Å². The first-order valence-corrected chi connectivity index (χ1v) is 14.8. The largest absolute Gasteiger partial charge is 0.444 e. The van der Waals surface area contributed by atoms with Crippen LogP contribution in [0.1, 0.15) is 72.0 Å². The van der Waals surface area contributed by atoms with Gasteiger partial charge in [-0.2, -0.15) is 0 Å². The molecule has 0 aliphatic carbocycles. The lowest BCUT2D eigenvalue weighted by molar-refractivity contribution is -0.0444. The van der Waals surface area contributed by atoms with Crippen molar-refractivity contribution < 1.29 is 27.8 Å². The van der Waals surface area contributed by atoms with Crippen LogP contribution in [0.4, 0.5) is 13.6 Å². The second kappa shape index (κ2) is 13.5. The number of H-pyrrole nitrogens is 1. The van der Waals surface area contributed by atoms with Crippen LogP contribution >= 0.6 is 0 Å². The minimum atomic E-state index is -0.864. The van der Waals surface area contributed by atoms with E-state index in [0.29, 0.717) is 23.3 Å². The van der Waals surface area contributed by atoms with Gasteiger partial charge in [-0.3, -0.25) is 9.59 Å². The molecule has 242 valence electrons. The lowest BCUT2D eigenvalue weighted by atomic mass is 9.89. The van der Waals surface area contributed by atoms with Crippen molar-refractivity contribution in [2.75, 3.05) is 19.7 Å². The molecule has 1 fully saturated rings. The van der Waals surface area contributed by atoms with E-state index in [0.717, 1.165) is 18.2 Å². The molecule has 0 spiro atoms. The molecule has 0 saturated carbocycles. The quantitative estimate of drug-likeness (QED) is 0.308. The smallest absolute Gasteiger partial charge is 0.410 e. The third-order valence-electron chi connectivity index (χ3n) is 7.52. The van der Waals surface area contributed by atoms with Crippen LogP contribution in [0.15, 0.2) is 53.6 Å². The SMILES string of the molecule is Cn1cccc(C(CC#CC#Cc2c(C(N)=O)cnc3[nH]c([C@H]4CN(C(=O)OC(C)(C)C)CCO4)cc23)c2cc(F)ccc2F)c1=O. The minimum Gasteiger partial charge on any atom is -0.444 e. The summed E-state index contributed by atoms with van der Waals surface area (Å²) in [7, 11) is 1.57. The Balaban J connectivity index is 1.45. The number of amides is 2. The molecule has 12 heteroatoms. The molecule has 4 aromatic rings. The first-order chi connectivity index (χ1) is 22.3. The molecule has 0 bridgehead atoms. The number of nitrogens with one attached hydrogen (secondary N) is 1. The van der Waals surface area contributed by atoms with Gasteiger partial charge in [-0.15, -0.1) is 0 Å². The first-order valence-electron chi connectivity index (χ1n) is 14.8. The van der Waals surface area contributed by atoms with Gasteiger partial charge >= 0.3 is 6.09 Å². The lowest BCUT2D eigenvalue weighted by Crippen LogP contribution is -2.44. The predicted molar refractivity (Wildman–Crippen MR) is 170 cm³/mol. The topological polar surface area (TPSA) is 133 Å². The third-order valence-corrected chi connectivity index (χ3v) is 7.52. The Morgan fingerprint density at radius 1 is 1.19 bits per heavy atom. The first kappa shape index (κ1) is 32.9. The number of hydrogen-bond acceptors (Lipinski definition) is 6. The predicted octanol–water partition coefficient (Wildman–Crippen LogP) is 4.52. The Morgan fingerprint density at radius 3 is 2.72 bits per heavy atom. The van der Waals surface area contributed by atoms with E-state index >= 15 is 0 Å². The Hall–Kier alpha value is -5.46. The van der Waals surface area contributed by atoms with Crippen LogP contribution in [-0.4, -0.2) is 56.7 Å². The van der Waals surface area contributed by atoms with E-state index < -0.39 is 41.3 Å². The molecule has 3 N–H and O–H groups in total. The number of hydrogen-bond donors (Lipinski definition) is 2. The van der Waals surface area contributed by atoms with Crippen LogP contribution in [0.3, 0.4) is 0 Å². The molecule has 0 radical (unpaired) electrons. The summed E-state index contributed by atoms with van der Waals surface area (Å²) in [6, 6.07) is 8.02. The minimum absolute atomic E-state index is 0.00238. The van der Waals surface area contributed by atoms with Crippen molar-refractivity contribution in [3.8, 4) is 23.7 Å². The number of benzene rings is 1. The number of carbonyl (C=O) groups is 2. The Kier molecular flexibility index (Phi) is 9.45. The number of aromatic nitrogens is 3. The molecule has 2 atom stereocenters. The zero-order chi connectivity index (χ0) is 33.9. The number of rotatable bonds is 5. The van der Waals surface area contributed by atoms with E-state index in [2.05, 4.69) is 33.6 Å². The number of morpholine rings is 1. The zero-order valence-corrected chi connectivity index (χ0v) is 26.3. The number of halogens is 2. The Labute approximate surface area is 269 Å². The van der Waals surface area contributed by atoms with Gasteiger partial charge in [-0.1, -0.05) is 17.9 Å². The highest BCUT2D eigenvalue weighted by atomic mass is 19.1. The summed E-state index contributed by atoms with van der Waals surface area (Å²) < 4.78 is 41.7. The fourth-order valence-corrected chi connectivity index (χ4v) is 5.26. The van der Waals surface area contributed by atoms with Gasteiger partial charge in [0.1, 0.15) is 29.0 Å². The van der Waals surface area contributed by atoms with Gasteiger partial charge in [-0.25, -0.2) is 18.6 Å². The van der Waals surface area contributed by atoms with Crippen LogP contribution in [0.2, 0.25) is 0 Å². The summed E-state index contributed by atoms with van der Waals surface area (Å²) in [5, 5.41) is 0.496. The molecule has 2 amide bonds. The molecular weight excluding hydrogens is 608 g/mol. The summed E-state index contributed by atoms with van der Waals surface area (Å²) in [4.78, 5) is 46.9. The number of fused-ring (bicyclic) bond motifs is 1. The molecular formula is C35H33F2N5O5. The van der Waals surface area contributed by atoms with Gasteiger partial charge in [0.05, 0.1) is 24.3 Å². The van der Waals surface area contributed by atoms with Crippen molar-refractivity contribution in [2.45, 2.75) is 44.8 Å². The molecule has 3 aromatic heterocycles. The number of nitrogens with two attached hydrogens (primary N) is 1. The van der Waals surface area contributed by atoms with E-state index in [1.54, 1.807) is 57.1 Å². The average Bonchev–Trinajstić information content (AvgIpc) is 3.46. The third kappa shape index (κ3) is 7.51. The van der Waals surface area contributed by atoms with Crippen LogP contribution in [0, 0.1) is 35.3 Å². The normalized spacial score (nSPS) is 15.3. The summed E-state index contributed by atoms with van der Waals surface area (Å²) in [6.07, 6.45) is 1.87. The maximum absolute atomic E-state index is 14.8. The number of ether oxygens (including phenoxy) is 2. The van der Waals surface area contributed by atoms with E-state index in [-0.39, 0.29) is 47.4 Å². The van der Waals surface area contributed by atoms with Gasteiger partial charge in [0, 0.05) is 55.0 Å². The average molecular weight is 642 g/mol. The van der Waals surface area contributed by atoms with Crippen LogP contribution in [-0.2, 0) is 16.5 Å². The fourth-order valence-electron chi connectivity index (χ4n) is 5.26. The zero-order valence-electron chi connectivity index (χ0n) is 26.3. The fraction of sp³-hybridized carbons (Fsp3) is 0.314. The molecule has 5 rings (SSSR count). The van der Waals surface area contributed by atoms with Crippen molar-refractivity contribution in [1.82, 2.24) is 19.4 Å². The van der Waals surface area contributed by atoms with Crippen molar-refractivity contribution in [3.05, 3.63) is 98.7 Å². The summed E-state index contributed by atoms with van der Waals surface area (Å²) in [5.74, 6) is 8.26. The number of nitrogens with zero attached hydrogens (tertiary/aromatic N) is 3. The number of primary amides is 1. The van der Waals surface area contributed by atoms with Crippen LogP contribution in [0.5, 0.6) is 0 Å². The highest BCUT2D eigenvalue weighted by molar-refractivity contribution is 6.01. The Morgan fingerprint density at radius 2 is 1.98 bits per heavy atom. The maximum atomic E-state index is 14.8. The van der Waals surface area contributed by atoms with E-state index in [9.17, 15) is 23.2 Å². The number of aromatic amines is 1. The van der Waals surface area contributed by atoms with Gasteiger partial charge in [0.2, 0.25) is 0 Å². The van der Waals surface area contributed by atoms with Crippen molar-refractivity contribution >= 4 is 23.0 Å². The van der Waals surface area contributed by atoms with Gasteiger partial charge in [0.15, 0.2) is 0 Å². The summed E-state index contributed by atoms with van der Waals surface area (Å²) >= 11 is 0. The van der Waals surface area contributed by atoms with Gasteiger partial charge in [0.25, 0.3) is 11.5 Å². The molecule has 1 saturated heterocycles. The molecule has 47 heavy (non-hydrogen) atoms. The number of carbonyl (C=O) groups excluding carboxylic acids is 2.